The lowest BCUT2D eigenvalue weighted by Gasteiger charge is -2.30. The van der Waals surface area contributed by atoms with E-state index in [0.717, 1.165) is 21.9 Å². The lowest BCUT2D eigenvalue weighted by atomic mass is 10.0. The van der Waals surface area contributed by atoms with Gasteiger partial charge in [-0.2, -0.15) is 0 Å². The summed E-state index contributed by atoms with van der Waals surface area (Å²) in [6.07, 6.45) is 3.37. The quantitative estimate of drug-likeness (QED) is 0.226. The van der Waals surface area contributed by atoms with Crippen molar-refractivity contribution < 1.29 is 33.5 Å². The molecule has 0 aliphatic carbocycles. The molecule has 0 spiro atoms. The number of hydrogen-bond donors (Lipinski definition) is 4. The van der Waals surface area contributed by atoms with Gasteiger partial charge in [0.05, 0.1) is 7.11 Å². The third-order valence-corrected chi connectivity index (χ3v) is 9.82. The third-order valence-electron chi connectivity index (χ3n) is 9.82. The van der Waals surface area contributed by atoms with Gasteiger partial charge in [-0.15, -0.1) is 0 Å². The maximum absolute atomic E-state index is 13.4. The number of rotatable bonds is 11. The zero-order valence-electron chi connectivity index (χ0n) is 31.1. The number of hydrogen-bond acceptors (Lipinski definition) is 8. The third kappa shape index (κ3) is 9.10. The van der Waals surface area contributed by atoms with Gasteiger partial charge in [-0.1, -0.05) is 45.9 Å². The molecule has 2 saturated heterocycles. The molecule has 1 aromatic heterocycles. The number of amides is 6. The monoisotopic (exact) mass is 727 g/mol. The number of pyridine rings is 1. The highest BCUT2D eigenvalue weighted by atomic mass is 16.5. The Morgan fingerprint density at radius 1 is 0.717 bits per heavy atom. The fourth-order valence-electron chi connectivity index (χ4n) is 6.97. The molecule has 4 unspecified atom stereocenters. The zero-order valence-corrected chi connectivity index (χ0v) is 31.1. The van der Waals surface area contributed by atoms with Crippen molar-refractivity contribution >= 4 is 57.9 Å². The fraction of sp³-hybridized carbons (Fsp3) is 0.462. The number of carbonyl (C=O) groups is 6. The van der Waals surface area contributed by atoms with Crippen LogP contribution in [0.3, 0.4) is 0 Å². The number of nitrogens with one attached hydrogen (secondary N) is 4. The van der Waals surface area contributed by atoms with Crippen LogP contribution in [-0.4, -0.2) is 94.8 Å². The van der Waals surface area contributed by atoms with Crippen LogP contribution in [0.4, 0.5) is 16.3 Å². The maximum Gasteiger partial charge on any atom is 0.407 e. The summed E-state index contributed by atoms with van der Waals surface area (Å²) >= 11 is 0. The van der Waals surface area contributed by atoms with Gasteiger partial charge in [-0.3, -0.25) is 24.0 Å². The normalized spacial score (nSPS) is 18.1. The molecule has 2 aliphatic heterocycles. The first-order valence-electron chi connectivity index (χ1n) is 18.1. The zero-order chi connectivity index (χ0) is 38.4. The Balaban J connectivity index is 1.21. The Labute approximate surface area is 309 Å². The second-order valence-corrected chi connectivity index (χ2v) is 14.3. The summed E-state index contributed by atoms with van der Waals surface area (Å²) in [6.45, 7) is 9.61. The van der Waals surface area contributed by atoms with Gasteiger partial charge >= 0.3 is 6.09 Å². The number of fused-ring (bicyclic) bond motifs is 1. The van der Waals surface area contributed by atoms with E-state index in [9.17, 15) is 28.8 Å². The lowest BCUT2D eigenvalue weighted by molar-refractivity contribution is -0.141. The topological polar surface area (TPSA) is 179 Å². The largest absolute Gasteiger partial charge is 0.453 e. The average Bonchev–Trinajstić information content (AvgIpc) is 3.83. The van der Waals surface area contributed by atoms with E-state index < -0.39 is 30.3 Å². The Kier molecular flexibility index (Phi) is 12.3. The molecule has 282 valence electrons. The number of ether oxygens (including phenoxy) is 1. The Bertz CT molecular complexity index is 1860. The summed E-state index contributed by atoms with van der Waals surface area (Å²) in [7, 11) is 1.24. The number of benzene rings is 2. The van der Waals surface area contributed by atoms with Gasteiger partial charge in [-0.05, 0) is 84.2 Å². The molecule has 2 fully saturated rings. The Morgan fingerprint density at radius 2 is 1.26 bits per heavy atom. The minimum Gasteiger partial charge on any atom is -0.453 e. The summed E-state index contributed by atoms with van der Waals surface area (Å²) in [5, 5.41) is 13.0. The molecule has 2 aromatic carbocycles. The van der Waals surface area contributed by atoms with Gasteiger partial charge in [0.1, 0.15) is 30.0 Å². The standard InChI is InChI=1S/C39H49N7O7/c1-22(2)33(41-24(5)47)37(50)45-17-7-9-30(45)35(48)42-29-15-13-25-19-26(11-12-27(25)20-29)28-14-16-32(40-21-28)43-36(49)31-10-8-18-46(31)38(51)34(23(3)4)44-39(52)53-6/h11-16,19-23,30-31,33-34H,7-10,17-18H2,1-6H3,(H,41,47)(H,42,48)(H,44,52)(H,40,43,49). The predicted octanol–water partition coefficient (Wildman–Crippen LogP) is 4.30. The van der Waals surface area contributed by atoms with Gasteiger partial charge in [0.25, 0.3) is 0 Å². The number of likely N-dealkylation sites (tertiary alicyclic amines) is 2. The molecule has 3 heterocycles. The number of methoxy groups -OCH3 is 1. The van der Waals surface area contributed by atoms with E-state index in [4.69, 9.17) is 0 Å². The van der Waals surface area contributed by atoms with Crippen LogP contribution in [0, 0.1) is 11.8 Å². The summed E-state index contributed by atoms with van der Waals surface area (Å²) in [5.41, 5.74) is 2.35. The molecular weight excluding hydrogens is 678 g/mol. The van der Waals surface area contributed by atoms with Gasteiger partial charge in [0.15, 0.2) is 0 Å². The van der Waals surface area contributed by atoms with E-state index in [-0.39, 0.29) is 41.4 Å². The molecule has 4 atom stereocenters. The highest BCUT2D eigenvalue weighted by molar-refractivity contribution is 6.01. The van der Waals surface area contributed by atoms with Crippen LogP contribution >= 0.6 is 0 Å². The number of nitrogens with zero attached hydrogens (tertiary/aromatic N) is 3. The van der Waals surface area contributed by atoms with Crippen molar-refractivity contribution in [1.82, 2.24) is 25.4 Å². The second kappa shape index (κ2) is 16.9. The lowest BCUT2D eigenvalue weighted by Crippen LogP contribution is -2.54. The second-order valence-electron chi connectivity index (χ2n) is 14.3. The molecule has 4 N–H and O–H groups in total. The smallest absolute Gasteiger partial charge is 0.407 e. The minimum absolute atomic E-state index is 0.120. The van der Waals surface area contributed by atoms with Gasteiger partial charge in [-0.25, -0.2) is 9.78 Å². The highest BCUT2D eigenvalue weighted by Crippen LogP contribution is 2.28. The van der Waals surface area contributed by atoms with Crippen LogP contribution in [-0.2, 0) is 28.7 Å². The van der Waals surface area contributed by atoms with E-state index >= 15 is 0 Å². The van der Waals surface area contributed by atoms with Crippen molar-refractivity contribution in [3.8, 4) is 11.1 Å². The number of carbonyl (C=O) groups excluding carboxylic acids is 6. The molecule has 0 radical (unpaired) electrons. The molecule has 6 amide bonds. The van der Waals surface area contributed by atoms with Gasteiger partial charge in [0, 0.05) is 37.5 Å². The van der Waals surface area contributed by atoms with Crippen molar-refractivity contribution in [3.63, 3.8) is 0 Å². The first-order chi connectivity index (χ1) is 25.3. The van der Waals surface area contributed by atoms with Crippen LogP contribution < -0.4 is 21.3 Å². The molecule has 5 rings (SSSR count). The first kappa shape index (κ1) is 38.7. The maximum atomic E-state index is 13.4. The van der Waals surface area contributed by atoms with Crippen molar-refractivity contribution in [2.45, 2.75) is 84.5 Å². The molecule has 3 aromatic rings. The van der Waals surface area contributed by atoms with Crippen molar-refractivity contribution in [3.05, 3.63) is 54.7 Å². The molecule has 14 heteroatoms. The molecular formula is C39H49N7O7. The van der Waals surface area contributed by atoms with E-state index in [0.29, 0.717) is 50.3 Å². The SMILES string of the molecule is COC(=O)NC(C(=O)N1CCCC1C(=O)Nc1ccc(-c2ccc3cc(NC(=O)C4CCCN4C(=O)C(NC(C)=O)C(C)C)ccc3c2)cn1)C(C)C. The Hall–Kier alpha value is -5.53. The molecule has 0 bridgehead atoms. The average molecular weight is 728 g/mol. The first-order valence-corrected chi connectivity index (χ1v) is 18.1. The van der Waals surface area contributed by atoms with Gasteiger partial charge in [0.2, 0.25) is 29.5 Å². The van der Waals surface area contributed by atoms with Crippen LogP contribution in [0.15, 0.2) is 54.7 Å². The summed E-state index contributed by atoms with van der Waals surface area (Å²) in [5.74, 6) is -1.45. The number of alkyl carbamates (subject to hydrolysis) is 1. The molecule has 0 saturated carbocycles. The fourth-order valence-corrected chi connectivity index (χ4v) is 6.97. The van der Waals surface area contributed by atoms with Crippen LogP contribution in [0.2, 0.25) is 0 Å². The molecule has 2 aliphatic rings. The van der Waals surface area contributed by atoms with Crippen LogP contribution in [0.5, 0.6) is 0 Å². The summed E-state index contributed by atoms with van der Waals surface area (Å²) in [6, 6.07) is 12.3. The van der Waals surface area contributed by atoms with Crippen molar-refractivity contribution in [2.75, 3.05) is 30.8 Å². The summed E-state index contributed by atoms with van der Waals surface area (Å²) < 4.78 is 4.68. The van der Waals surface area contributed by atoms with Crippen LogP contribution in [0.25, 0.3) is 21.9 Å². The predicted molar refractivity (Wildman–Crippen MR) is 201 cm³/mol. The van der Waals surface area contributed by atoms with Crippen molar-refractivity contribution in [1.29, 1.82) is 0 Å². The molecule has 14 nitrogen and oxygen atoms in total. The van der Waals surface area contributed by atoms with Crippen molar-refractivity contribution in [2.24, 2.45) is 11.8 Å². The minimum atomic E-state index is -0.818. The van der Waals surface area contributed by atoms with Crippen LogP contribution in [0.1, 0.15) is 60.3 Å². The van der Waals surface area contributed by atoms with E-state index in [1.165, 1.54) is 18.9 Å². The molecule has 53 heavy (non-hydrogen) atoms. The van der Waals surface area contributed by atoms with E-state index in [1.807, 2.05) is 70.2 Å². The number of aromatic nitrogens is 1. The number of anilines is 2. The summed E-state index contributed by atoms with van der Waals surface area (Å²) in [4.78, 5) is 84.4. The van der Waals surface area contributed by atoms with Gasteiger partial charge < -0.3 is 35.8 Å². The highest BCUT2D eigenvalue weighted by Gasteiger charge is 2.40. The van der Waals surface area contributed by atoms with E-state index in [1.54, 1.807) is 17.2 Å². The Morgan fingerprint density at radius 3 is 1.81 bits per heavy atom. The van der Waals surface area contributed by atoms with E-state index in [2.05, 4.69) is 31.0 Å².